The average molecular weight is 186 g/mol. The lowest BCUT2D eigenvalue weighted by molar-refractivity contribution is 0.454. The molecule has 0 radical (unpaired) electrons. The number of aryl methyl sites for hydroxylation is 1. The molecular weight excluding hydrogens is 176 g/mol. The Hall–Kier alpha value is -1.90. The smallest absolute Gasteiger partial charge is 0.221 e. The maximum Gasteiger partial charge on any atom is 0.221 e. The van der Waals surface area contributed by atoms with Gasteiger partial charge in [0.1, 0.15) is 6.33 Å². The monoisotopic (exact) mass is 186 g/mol. The van der Waals surface area contributed by atoms with Crippen LogP contribution in [0.25, 0.3) is 11.1 Å². The maximum absolute atomic E-state index is 9.48. The molecule has 2 aromatic rings. The molecule has 0 aliphatic rings. The van der Waals surface area contributed by atoms with Crippen molar-refractivity contribution in [3.63, 3.8) is 0 Å². The summed E-state index contributed by atoms with van der Waals surface area (Å²) in [5.41, 5.74) is 2.77. The molecule has 0 atom stereocenters. The van der Waals surface area contributed by atoms with Crippen molar-refractivity contribution in [3.05, 3.63) is 42.4 Å². The Morgan fingerprint density at radius 2 is 1.86 bits per heavy atom. The molecule has 0 unspecified atom stereocenters. The summed E-state index contributed by atoms with van der Waals surface area (Å²) in [7, 11) is 0. The Balaban J connectivity index is 2.50. The third kappa shape index (κ3) is 1.57. The van der Waals surface area contributed by atoms with Gasteiger partial charge in [-0.1, -0.05) is 29.8 Å². The average Bonchev–Trinajstić information content (AvgIpc) is 2.20. The van der Waals surface area contributed by atoms with Crippen LogP contribution >= 0.6 is 0 Å². The van der Waals surface area contributed by atoms with Crippen molar-refractivity contribution in [2.45, 2.75) is 6.92 Å². The molecule has 1 aromatic heterocycles. The van der Waals surface area contributed by atoms with Crippen LogP contribution in [0.15, 0.2) is 36.8 Å². The minimum atomic E-state index is 0.0175. The summed E-state index contributed by atoms with van der Waals surface area (Å²) >= 11 is 0. The zero-order valence-corrected chi connectivity index (χ0v) is 7.81. The molecule has 1 heterocycles. The van der Waals surface area contributed by atoms with Crippen LogP contribution in [0.2, 0.25) is 0 Å². The van der Waals surface area contributed by atoms with Gasteiger partial charge in [0.2, 0.25) is 5.88 Å². The first kappa shape index (κ1) is 8.69. The van der Waals surface area contributed by atoms with Gasteiger partial charge in [-0.2, -0.15) is 0 Å². The number of aromatic hydroxyl groups is 1. The molecule has 0 bridgehead atoms. The predicted octanol–water partition coefficient (Wildman–Crippen LogP) is 2.16. The van der Waals surface area contributed by atoms with Crippen molar-refractivity contribution in [2.75, 3.05) is 0 Å². The highest BCUT2D eigenvalue weighted by molar-refractivity contribution is 5.67. The van der Waals surface area contributed by atoms with E-state index >= 15 is 0 Å². The van der Waals surface area contributed by atoms with Gasteiger partial charge < -0.3 is 5.11 Å². The molecule has 0 fully saturated rings. The Morgan fingerprint density at radius 3 is 2.50 bits per heavy atom. The van der Waals surface area contributed by atoms with Crippen molar-refractivity contribution in [2.24, 2.45) is 0 Å². The molecule has 14 heavy (non-hydrogen) atoms. The van der Waals surface area contributed by atoms with Crippen LogP contribution in [-0.4, -0.2) is 15.1 Å². The van der Waals surface area contributed by atoms with E-state index in [0.29, 0.717) is 5.56 Å². The second-order valence-corrected chi connectivity index (χ2v) is 3.13. The zero-order valence-electron chi connectivity index (χ0n) is 7.81. The van der Waals surface area contributed by atoms with Gasteiger partial charge in [0.25, 0.3) is 0 Å². The van der Waals surface area contributed by atoms with E-state index in [4.69, 9.17) is 0 Å². The third-order valence-electron chi connectivity index (χ3n) is 2.05. The van der Waals surface area contributed by atoms with E-state index in [-0.39, 0.29) is 5.88 Å². The van der Waals surface area contributed by atoms with E-state index in [0.717, 1.165) is 5.56 Å². The summed E-state index contributed by atoms with van der Waals surface area (Å²) in [6.45, 7) is 2.02. The highest BCUT2D eigenvalue weighted by Crippen LogP contribution is 2.25. The summed E-state index contributed by atoms with van der Waals surface area (Å²) in [4.78, 5) is 7.60. The van der Waals surface area contributed by atoms with Crippen LogP contribution in [0, 0.1) is 6.92 Å². The number of aromatic nitrogens is 2. The Labute approximate surface area is 82.1 Å². The molecule has 2 rings (SSSR count). The van der Waals surface area contributed by atoms with Crippen molar-refractivity contribution >= 4 is 0 Å². The number of nitrogens with zero attached hydrogens (tertiary/aromatic N) is 2. The van der Waals surface area contributed by atoms with Gasteiger partial charge in [0, 0.05) is 6.20 Å². The third-order valence-corrected chi connectivity index (χ3v) is 2.05. The molecule has 0 saturated heterocycles. The fourth-order valence-corrected chi connectivity index (χ4v) is 1.26. The first-order valence-corrected chi connectivity index (χ1v) is 4.33. The van der Waals surface area contributed by atoms with Crippen LogP contribution in [0.1, 0.15) is 5.56 Å². The quantitative estimate of drug-likeness (QED) is 0.742. The molecular formula is C11H10N2O. The van der Waals surface area contributed by atoms with E-state index in [1.54, 1.807) is 6.20 Å². The highest BCUT2D eigenvalue weighted by Gasteiger charge is 2.03. The van der Waals surface area contributed by atoms with E-state index in [2.05, 4.69) is 9.97 Å². The molecule has 0 saturated carbocycles. The van der Waals surface area contributed by atoms with Gasteiger partial charge in [0.15, 0.2) is 0 Å². The summed E-state index contributed by atoms with van der Waals surface area (Å²) < 4.78 is 0. The predicted molar refractivity (Wildman–Crippen MR) is 53.9 cm³/mol. The molecule has 0 aliphatic heterocycles. The van der Waals surface area contributed by atoms with Crippen molar-refractivity contribution in [1.29, 1.82) is 0 Å². The second-order valence-electron chi connectivity index (χ2n) is 3.13. The van der Waals surface area contributed by atoms with E-state index in [1.807, 2.05) is 31.2 Å². The molecule has 70 valence electrons. The maximum atomic E-state index is 9.48. The topological polar surface area (TPSA) is 46.0 Å². The van der Waals surface area contributed by atoms with Crippen LogP contribution < -0.4 is 0 Å². The second kappa shape index (κ2) is 3.46. The minimum absolute atomic E-state index is 0.0175. The van der Waals surface area contributed by atoms with Crippen LogP contribution in [0.5, 0.6) is 5.88 Å². The molecule has 0 spiro atoms. The van der Waals surface area contributed by atoms with Gasteiger partial charge in [0.05, 0.1) is 5.56 Å². The summed E-state index contributed by atoms with van der Waals surface area (Å²) in [5, 5.41) is 9.48. The molecule has 0 amide bonds. The first-order valence-electron chi connectivity index (χ1n) is 4.33. The lowest BCUT2D eigenvalue weighted by Crippen LogP contribution is -1.84. The summed E-state index contributed by atoms with van der Waals surface area (Å²) in [6.07, 6.45) is 2.93. The van der Waals surface area contributed by atoms with Crippen LogP contribution in [0.4, 0.5) is 0 Å². The largest absolute Gasteiger partial charge is 0.493 e. The normalized spacial score (nSPS) is 10.1. The van der Waals surface area contributed by atoms with Gasteiger partial charge in [-0.25, -0.2) is 9.97 Å². The van der Waals surface area contributed by atoms with Gasteiger partial charge in [-0.15, -0.1) is 0 Å². The van der Waals surface area contributed by atoms with Gasteiger partial charge in [-0.05, 0) is 12.5 Å². The van der Waals surface area contributed by atoms with Crippen LogP contribution in [0.3, 0.4) is 0 Å². The Bertz CT molecular complexity index is 437. The SMILES string of the molecule is Cc1ccc(-c2cncnc2O)cc1. The summed E-state index contributed by atoms with van der Waals surface area (Å²) in [6, 6.07) is 7.85. The number of rotatable bonds is 1. The van der Waals surface area contributed by atoms with Crippen molar-refractivity contribution < 1.29 is 5.11 Å². The van der Waals surface area contributed by atoms with Crippen molar-refractivity contribution in [3.8, 4) is 17.0 Å². The van der Waals surface area contributed by atoms with Gasteiger partial charge >= 0.3 is 0 Å². The molecule has 3 heteroatoms. The fourth-order valence-electron chi connectivity index (χ4n) is 1.26. The molecule has 1 N–H and O–H groups in total. The molecule has 1 aromatic carbocycles. The molecule has 0 aliphatic carbocycles. The zero-order chi connectivity index (χ0) is 9.97. The Kier molecular flexibility index (Phi) is 2.14. The van der Waals surface area contributed by atoms with Crippen molar-refractivity contribution in [1.82, 2.24) is 9.97 Å². The van der Waals surface area contributed by atoms with Gasteiger partial charge in [-0.3, -0.25) is 0 Å². The number of hydrogen-bond acceptors (Lipinski definition) is 3. The fraction of sp³-hybridized carbons (Fsp3) is 0.0909. The lowest BCUT2D eigenvalue weighted by atomic mass is 10.1. The number of hydrogen-bond donors (Lipinski definition) is 1. The highest BCUT2D eigenvalue weighted by atomic mass is 16.3. The van der Waals surface area contributed by atoms with E-state index in [9.17, 15) is 5.11 Å². The first-order chi connectivity index (χ1) is 6.77. The van der Waals surface area contributed by atoms with Crippen LogP contribution in [-0.2, 0) is 0 Å². The summed E-state index contributed by atoms with van der Waals surface area (Å²) in [5.74, 6) is 0.0175. The Morgan fingerprint density at radius 1 is 1.14 bits per heavy atom. The molecule has 3 nitrogen and oxygen atoms in total. The lowest BCUT2D eigenvalue weighted by Gasteiger charge is -2.02. The minimum Gasteiger partial charge on any atom is -0.493 e. The standard InChI is InChI=1S/C11H10N2O/c1-8-2-4-9(5-3-8)10-6-12-7-13-11(10)14/h2-7H,1H3,(H,12,13,14). The van der Waals surface area contributed by atoms with E-state index in [1.165, 1.54) is 11.9 Å². The number of benzene rings is 1. The van der Waals surface area contributed by atoms with E-state index < -0.39 is 0 Å².